The Morgan fingerprint density at radius 3 is 1.87 bits per heavy atom. The maximum atomic E-state index is 7.57. The molecule has 9 N–H and O–H groups in total. The summed E-state index contributed by atoms with van der Waals surface area (Å²) in [4.78, 5) is 0. The number of guanidine groups is 2. The molecule has 172 valence electrons. The molecule has 0 aliphatic heterocycles. The molecule has 0 aliphatic rings. The summed E-state index contributed by atoms with van der Waals surface area (Å²) >= 11 is 0. The zero-order valence-corrected chi connectivity index (χ0v) is 18.7. The predicted molar refractivity (Wildman–Crippen MR) is 128 cm³/mol. The quantitative estimate of drug-likeness (QED) is 0.132. The van der Waals surface area contributed by atoms with Crippen molar-refractivity contribution < 1.29 is 9.84 Å². The van der Waals surface area contributed by atoms with E-state index >= 15 is 0 Å². The fraction of sp³-hybridized carbons (Fsp3) is 0.636. The smallest absolute Gasteiger partial charge is 0.190 e. The average molecular weight is 423 g/mol. The number of unbranched alkanes of at least 4 members (excludes halogenated alkanes) is 9. The summed E-state index contributed by atoms with van der Waals surface area (Å²) in [6, 6.07) is 5.28. The number of nitrogens with one attached hydrogen (secondary N) is 4. The lowest BCUT2D eigenvalue weighted by atomic mass is 10.1. The third-order valence-corrected chi connectivity index (χ3v) is 4.28. The molecular formula is C22H42N6O2. The van der Waals surface area contributed by atoms with Gasteiger partial charge >= 0.3 is 0 Å². The molecule has 0 heterocycles. The fourth-order valence-electron chi connectivity index (χ4n) is 2.90. The predicted octanol–water partition coefficient (Wildman–Crippen LogP) is 4.60. The first-order valence-electron chi connectivity index (χ1n) is 11.0. The molecule has 1 aromatic rings. The second kappa shape index (κ2) is 18.5. The lowest BCUT2D eigenvalue weighted by molar-refractivity contribution is 0.306. The maximum Gasteiger partial charge on any atom is 0.190 e. The number of anilines is 2. The summed E-state index contributed by atoms with van der Waals surface area (Å²) in [7, 11) is 0. The van der Waals surface area contributed by atoms with Crippen LogP contribution in [0.3, 0.4) is 0 Å². The molecule has 0 unspecified atom stereocenters. The number of ether oxygens (including phenoxy) is 1. The minimum atomic E-state index is -0.168. The standard InChI is InChI=1S/C20H36N6O.C2H6O/c1-2-3-4-5-6-7-8-9-10-11-14-27-18-13-12-16(25-19(21)22)15-17(18)26-20(23)24;1-2-3/h12-13,15H,2-11,14H2,1H3,(H4,21,22,25)(H4,23,24,26);3H,2H2,1H3. The molecular weight excluding hydrogens is 380 g/mol. The van der Waals surface area contributed by atoms with Crippen LogP contribution in [0, 0.1) is 10.8 Å². The van der Waals surface area contributed by atoms with Crippen molar-refractivity contribution in [2.75, 3.05) is 23.8 Å². The van der Waals surface area contributed by atoms with E-state index in [-0.39, 0.29) is 18.5 Å². The number of hydrogen-bond donors (Lipinski definition) is 7. The Balaban J connectivity index is 0.00000263. The Labute approximate surface area is 181 Å². The van der Waals surface area contributed by atoms with Gasteiger partial charge in [0.15, 0.2) is 11.9 Å². The minimum Gasteiger partial charge on any atom is -0.491 e. The van der Waals surface area contributed by atoms with Crippen molar-refractivity contribution in [1.82, 2.24) is 0 Å². The Morgan fingerprint density at radius 1 is 0.867 bits per heavy atom. The first-order chi connectivity index (χ1) is 14.4. The molecule has 0 spiro atoms. The third-order valence-electron chi connectivity index (χ3n) is 4.28. The van der Waals surface area contributed by atoms with Crippen molar-refractivity contribution in [2.45, 2.75) is 78.1 Å². The van der Waals surface area contributed by atoms with Gasteiger partial charge in [-0.3, -0.25) is 10.8 Å². The van der Waals surface area contributed by atoms with Gasteiger partial charge in [0, 0.05) is 12.3 Å². The van der Waals surface area contributed by atoms with Crippen LogP contribution in [0.4, 0.5) is 11.4 Å². The van der Waals surface area contributed by atoms with Gasteiger partial charge in [0.1, 0.15) is 5.75 Å². The second-order valence-electron chi connectivity index (χ2n) is 7.13. The van der Waals surface area contributed by atoms with Crippen molar-refractivity contribution in [3.8, 4) is 5.75 Å². The number of nitrogens with two attached hydrogens (primary N) is 2. The Kier molecular flexibility index (Phi) is 17.0. The van der Waals surface area contributed by atoms with E-state index in [1.165, 1.54) is 51.4 Å². The lowest BCUT2D eigenvalue weighted by Gasteiger charge is -2.14. The van der Waals surface area contributed by atoms with E-state index in [9.17, 15) is 0 Å². The van der Waals surface area contributed by atoms with Crippen LogP contribution >= 0.6 is 0 Å². The van der Waals surface area contributed by atoms with E-state index < -0.39 is 0 Å². The molecule has 0 saturated heterocycles. The lowest BCUT2D eigenvalue weighted by Crippen LogP contribution is -2.22. The number of aliphatic hydroxyl groups is 1. The maximum absolute atomic E-state index is 7.57. The molecule has 0 aliphatic carbocycles. The van der Waals surface area contributed by atoms with Crippen LogP contribution in [-0.2, 0) is 0 Å². The van der Waals surface area contributed by atoms with Crippen molar-refractivity contribution in [3.63, 3.8) is 0 Å². The van der Waals surface area contributed by atoms with Gasteiger partial charge in [-0.05, 0) is 31.5 Å². The van der Waals surface area contributed by atoms with E-state index in [1.54, 1.807) is 25.1 Å². The zero-order chi connectivity index (χ0) is 22.6. The van der Waals surface area contributed by atoms with Crippen LogP contribution in [0.15, 0.2) is 18.2 Å². The molecule has 0 bridgehead atoms. The topological polar surface area (TPSA) is 153 Å². The molecule has 0 amide bonds. The summed E-state index contributed by atoms with van der Waals surface area (Å²) in [5.74, 6) is 0.316. The first-order valence-corrected chi connectivity index (χ1v) is 11.0. The average Bonchev–Trinajstić information content (AvgIpc) is 2.67. The van der Waals surface area contributed by atoms with E-state index in [2.05, 4.69) is 17.6 Å². The van der Waals surface area contributed by atoms with Gasteiger partial charge in [0.05, 0.1) is 12.3 Å². The molecule has 0 radical (unpaired) electrons. The monoisotopic (exact) mass is 422 g/mol. The van der Waals surface area contributed by atoms with Crippen LogP contribution in [0.1, 0.15) is 78.1 Å². The fourth-order valence-corrected chi connectivity index (χ4v) is 2.90. The number of benzene rings is 1. The third kappa shape index (κ3) is 15.4. The molecule has 0 fully saturated rings. The summed E-state index contributed by atoms with van der Waals surface area (Å²) in [6.45, 7) is 4.81. The Morgan fingerprint density at radius 2 is 1.37 bits per heavy atom. The number of hydrogen-bond acceptors (Lipinski definition) is 4. The Bertz CT molecular complexity index is 595. The van der Waals surface area contributed by atoms with Crippen molar-refractivity contribution in [2.24, 2.45) is 11.5 Å². The highest BCUT2D eigenvalue weighted by molar-refractivity contribution is 5.94. The molecule has 0 saturated carbocycles. The van der Waals surface area contributed by atoms with Gasteiger partial charge in [-0.25, -0.2) is 0 Å². The highest BCUT2D eigenvalue weighted by Crippen LogP contribution is 2.28. The van der Waals surface area contributed by atoms with Crippen LogP contribution in [-0.4, -0.2) is 30.2 Å². The van der Waals surface area contributed by atoms with Gasteiger partial charge in [0.2, 0.25) is 0 Å². The van der Waals surface area contributed by atoms with Crippen molar-refractivity contribution >= 4 is 23.3 Å². The van der Waals surface area contributed by atoms with Gasteiger partial charge in [-0.2, -0.15) is 0 Å². The molecule has 1 aromatic carbocycles. The van der Waals surface area contributed by atoms with E-state index in [4.69, 9.17) is 32.1 Å². The SMILES string of the molecule is CCCCCCCCCCCCOc1ccc(NC(=N)N)cc1NC(=N)N.CCO. The highest BCUT2D eigenvalue weighted by atomic mass is 16.5. The Hall–Kier alpha value is -2.48. The van der Waals surface area contributed by atoms with E-state index in [1.807, 2.05) is 0 Å². The van der Waals surface area contributed by atoms with Crippen LogP contribution in [0.5, 0.6) is 5.75 Å². The normalized spacial score (nSPS) is 9.97. The van der Waals surface area contributed by atoms with Crippen molar-refractivity contribution in [3.05, 3.63) is 18.2 Å². The minimum absolute atomic E-state index is 0.150. The van der Waals surface area contributed by atoms with Gasteiger partial charge in [-0.15, -0.1) is 0 Å². The second-order valence-corrected chi connectivity index (χ2v) is 7.13. The summed E-state index contributed by atoms with van der Waals surface area (Å²) < 4.78 is 5.84. The van der Waals surface area contributed by atoms with Gasteiger partial charge < -0.3 is 31.9 Å². The number of aliphatic hydroxyl groups excluding tert-OH is 1. The first kappa shape index (κ1) is 27.5. The number of rotatable bonds is 14. The zero-order valence-electron chi connectivity index (χ0n) is 18.7. The summed E-state index contributed by atoms with van der Waals surface area (Å²) in [5, 5.41) is 27.8. The molecule has 30 heavy (non-hydrogen) atoms. The van der Waals surface area contributed by atoms with Crippen LogP contribution in [0.2, 0.25) is 0 Å². The molecule has 0 aromatic heterocycles. The summed E-state index contributed by atoms with van der Waals surface area (Å²) in [6.07, 6.45) is 12.8. The molecule has 8 heteroatoms. The molecule has 0 atom stereocenters. The van der Waals surface area contributed by atoms with Gasteiger partial charge in [-0.1, -0.05) is 64.7 Å². The summed E-state index contributed by atoms with van der Waals surface area (Å²) in [5.41, 5.74) is 12.0. The van der Waals surface area contributed by atoms with Crippen LogP contribution in [0.25, 0.3) is 0 Å². The van der Waals surface area contributed by atoms with Crippen LogP contribution < -0.4 is 26.8 Å². The van der Waals surface area contributed by atoms with Crippen molar-refractivity contribution in [1.29, 1.82) is 10.8 Å². The molecule has 8 nitrogen and oxygen atoms in total. The largest absolute Gasteiger partial charge is 0.491 e. The van der Waals surface area contributed by atoms with Gasteiger partial charge in [0.25, 0.3) is 0 Å². The van der Waals surface area contributed by atoms with E-state index in [0.717, 1.165) is 12.8 Å². The highest BCUT2D eigenvalue weighted by Gasteiger charge is 2.07. The molecule has 1 rings (SSSR count). The van der Waals surface area contributed by atoms with E-state index in [0.29, 0.717) is 23.7 Å².